The van der Waals surface area contributed by atoms with E-state index in [1.807, 2.05) is 23.1 Å². The molecule has 33 heavy (non-hydrogen) atoms. The Morgan fingerprint density at radius 1 is 0.970 bits per heavy atom. The molecule has 0 saturated carbocycles. The first kappa shape index (κ1) is 19.8. The zero-order valence-electron chi connectivity index (χ0n) is 18.1. The lowest BCUT2D eigenvalue weighted by molar-refractivity contribution is 0.0605. The number of hydrogen-bond acceptors (Lipinski definition) is 5. The molecule has 3 aliphatic heterocycles. The van der Waals surface area contributed by atoms with Gasteiger partial charge in [-0.2, -0.15) is 5.10 Å². The van der Waals surface area contributed by atoms with Crippen molar-refractivity contribution in [2.75, 3.05) is 24.8 Å². The molecule has 0 aliphatic carbocycles. The number of para-hydroxylation sites is 1. The number of nitrogens with zero attached hydrogens (tertiary/aromatic N) is 3. The number of ether oxygens (including phenoxy) is 2. The first-order valence-corrected chi connectivity index (χ1v) is 11.3. The third kappa shape index (κ3) is 3.42. The molecule has 2 amide bonds. The molecule has 6 rings (SSSR count). The summed E-state index contributed by atoms with van der Waals surface area (Å²) in [5.74, 6) is 1.07. The highest BCUT2D eigenvalue weighted by Crippen LogP contribution is 2.36. The topological polar surface area (TPSA) is 87.8 Å². The van der Waals surface area contributed by atoms with E-state index in [-0.39, 0.29) is 24.6 Å². The van der Waals surface area contributed by atoms with Gasteiger partial charge in [0.15, 0.2) is 17.2 Å². The second kappa shape index (κ2) is 7.95. The monoisotopic (exact) mass is 444 g/mol. The van der Waals surface area contributed by atoms with Crippen LogP contribution < -0.4 is 14.4 Å². The number of anilines is 1. The number of H-pyrrole nitrogens is 1. The minimum Gasteiger partial charge on any atom is -0.454 e. The molecule has 1 saturated heterocycles. The molecule has 168 valence electrons. The van der Waals surface area contributed by atoms with E-state index in [9.17, 15) is 9.59 Å². The SMILES string of the molecule is O=C(c1cc(C2CCCCN2C(=O)c2ccc3c(c2)OCO3)[nH]n1)N1CCc2ccccc21. The van der Waals surface area contributed by atoms with Crippen molar-refractivity contribution in [2.45, 2.75) is 31.7 Å². The van der Waals surface area contributed by atoms with Crippen LogP contribution in [0.2, 0.25) is 0 Å². The Balaban J connectivity index is 1.24. The van der Waals surface area contributed by atoms with E-state index in [2.05, 4.69) is 16.3 Å². The van der Waals surface area contributed by atoms with Gasteiger partial charge in [0.05, 0.1) is 11.7 Å². The number of rotatable bonds is 3. The summed E-state index contributed by atoms with van der Waals surface area (Å²) >= 11 is 0. The van der Waals surface area contributed by atoms with Gasteiger partial charge in [0.25, 0.3) is 11.8 Å². The van der Waals surface area contributed by atoms with E-state index < -0.39 is 0 Å². The number of likely N-dealkylation sites (tertiary alicyclic amines) is 1. The average Bonchev–Trinajstić information content (AvgIpc) is 3.62. The number of benzene rings is 2. The Morgan fingerprint density at radius 3 is 2.79 bits per heavy atom. The molecule has 1 aromatic heterocycles. The van der Waals surface area contributed by atoms with Crippen LogP contribution in [0.1, 0.15) is 57.4 Å². The summed E-state index contributed by atoms with van der Waals surface area (Å²) in [7, 11) is 0. The van der Waals surface area contributed by atoms with Crippen LogP contribution in [-0.4, -0.2) is 46.8 Å². The van der Waals surface area contributed by atoms with Gasteiger partial charge in [-0.25, -0.2) is 0 Å². The number of hydrogen-bond donors (Lipinski definition) is 1. The molecule has 1 unspecified atom stereocenters. The van der Waals surface area contributed by atoms with Gasteiger partial charge < -0.3 is 19.3 Å². The van der Waals surface area contributed by atoms with Crippen molar-refractivity contribution in [3.8, 4) is 11.5 Å². The van der Waals surface area contributed by atoms with Crippen LogP contribution in [0.25, 0.3) is 0 Å². The Labute approximate surface area is 191 Å². The van der Waals surface area contributed by atoms with Crippen LogP contribution in [0.4, 0.5) is 5.69 Å². The zero-order chi connectivity index (χ0) is 22.4. The molecule has 3 aliphatic rings. The van der Waals surface area contributed by atoms with Crippen LogP contribution in [0.5, 0.6) is 11.5 Å². The van der Waals surface area contributed by atoms with Gasteiger partial charge in [0.1, 0.15) is 0 Å². The highest BCUT2D eigenvalue weighted by molar-refractivity contribution is 6.06. The molecule has 0 radical (unpaired) electrons. The van der Waals surface area contributed by atoms with E-state index in [0.29, 0.717) is 35.8 Å². The molecular weight excluding hydrogens is 420 g/mol. The van der Waals surface area contributed by atoms with E-state index in [1.165, 1.54) is 5.56 Å². The van der Waals surface area contributed by atoms with Crippen LogP contribution in [0.15, 0.2) is 48.5 Å². The van der Waals surface area contributed by atoms with E-state index in [4.69, 9.17) is 9.47 Å². The minimum absolute atomic E-state index is 0.0612. The summed E-state index contributed by atoms with van der Waals surface area (Å²) < 4.78 is 10.8. The van der Waals surface area contributed by atoms with Crippen molar-refractivity contribution >= 4 is 17.5 Å². The van der Waals surface area contributed by atoms with Gasteiger partial charge in [0, 0.05) is 24.3 Å². The number of piperidine rings is 1. The highest BCUT2D eigenvalue weighted by atomic mass is 16.7. The predicted molar refractivity (Wildman–Crippen MR) is 121 cm³/mol. The fraction of sp³-hybridized carbons (Fsp3) is 0.320. The summed E-state index contributed by atoms with van der Waals surface area (Å²) in [6.07, 6.45) is 3.62. The Hall–Kier alpha value is -3.81. The van der Waals surface area contributed by atoms with Crippen LogP contribution in [-0.2, 0) is 6.42 Å². The number of amides is 2. The maximum Gasteiger partial charge on any atom is 0.278 e. The van der Waals surface area contributed by atoms with Gasteiger partial charge in [-0.05, 0) is 61.6 Å². The standard InChI is InChI=1S/C25H24N4O4/c30-24(17-8-9-22-23(13-17)33-15-32-22)28-11-4-3-7-21(28)18-14-19(27-26-18)25(31)29-12-10-16-5-1-2-6-20(16)29/h1-2,5-6,8-9,13-14,21H,3-4,7,10-12,15H2,(H,26,27). The molecular formula is C25H24N4O4. The first-order valence-electron chi connectivity index (χ1n) is 11.3. The Morgan fingerprint density at radius 2 is 1.85 bits per heavy atom. The largest absolute Gasteiger partial charge is 0.454 e. The lowest BCUT2D eigenvalue weighted by Gasteiger charge is -2.35. The number of nitrogens with one attached hydrogen (secondary N) is 1. The molecule has 0 bridgehead atoms. The van der Waals surface area contributed by atoms with Gasteiger partial charge in [-0.3, -0.25) is 14.7 Å². The molecule has 0 spiro atoms. The Bertz CT molecular complexity index is 1240. The second-order valence-electron chi connectivity index (χ2n) is 8.62. The van der Waals surface area contributed by atoms with Gasteiger partial charge in [0.2, 0.25) is 6.79 Å². The van der Waals surface area contributed by atoms with Crippen molar-refractivity contribution in [1.82, 2.24) is 15.1 Å². The number of aromatic amines is 1. The van der Waals surface area contributed by atoms with Crippen molar-refractivity contribution in [3.05, 3.63) is 71.0 Å². The fourth-order valence-electron chi connectivity index (χ4n) is 5.00. The van der Waals surface area contributed by atoms with Crippen LogP contribution in [0.3, 0.4) is 0 Å². The molecule has 1 atom stereocenters. The molecule has 3 aromatic rings. The minimum atomic E-state index is -0.156. The zero-order valence-corrected chi connectivity index (χ0v) is 18.1. The van der Waals surface area contributed by atoms with E-state index in [1.54, 1.807) is 29.2 Å². The van der Waals surface area contributed by atoms with Gasteiger partial charge in [-0.15, -0.1) is 0 Å². The lowest BCUT2D eigenvalue weighted by Crippen LogP contribution is -2.38. The number of carbonyl (C=O) groups excluding carboxylic acids is 2. The number of fused-ring (bicyclic) bond motifs is 2. The quantitative estimate of drug-likeness (QED) is 0.666. The normalized spacial score (nSPS) is 19.0. The van der Waals surface area contributed by atoms with Crippen molar-refractivity contribution < 1.29 is 19.1 Å². The summed E-state index contributed by atoms with van der Waals surface area (Å²) in [5.41, 5.74) is 3.86. The highest BCUT2D eigenvalue weighted by Gasteiger charge is 2.33. The van der Waals surface area contributed by atoms with Crippen LogP contribution in [0, 0.1) is 0 Å². The maximum atomic E-state index is 13.4. The van der Waals surface area contributed by atoms with Gasteiger partial charge in [-0.1, -0.05) is 18.2 Å². The smallest absolute Gasteiger partial charge is 0.278 e. The number of aromatic nitrogens is 2. The molecule has 8 nitrogen and oxygen atoms in total. The van der Waals surface area contributed by atoms with Crippen LogP contribution >= 0.6 is 0 Å². The van der Waals surface area contributed by atoms with Crippen molar-refractivity contribution in [3.63, 3.8) is 0 Å². The summed E-state index contributed by atoms with van der Waals surface area (Å²) in [6, 6.07) is 14.9. The first-order chi connectivity index (χ1) is 16.2. The lowest BCUT2D eigenvalue weighted by atomic mass is 9.98. The summed E-state index contributed by atoms with van der Waals surface area (Å²) in [5, 5.41) is 7.38. The Kier molecular flexibility index (Phi) is 4.78. The molecule has 8 heteroatoms. The van der Waals surface area contributed by atoms with E-state index >= 15 is 0 Å². The predicted octanol–water partition coefficient (Wildman–Crippen LogP) is 3.71. The fourth-order valence-corrected chi connectivity index (χ4v) is 5.00. The average molecular weight is 444 g/mol. The second-order valence-corrected chi connectivity index (χ2v) is 8.62. The van der Waals surface area contributed by atoms with Gasteiger partial charge >= 0.3 is 0 Å². The third-order valence-electron chi connectivity index (χ3n) is 6.69. The van der Waals surface area contributed by atoms with Crippen molar-refractivity contribution in [1.29, 1.82) is 0 Å². The number of carbonyl (C=O) groups is 2. The molecule has 1 N–H and O–H groups in total. The summed E-state index contributed by atoms with van der Waals surface area (Å²) in [4.78, 5) is 30.2. The van der Waals surface area contributed by atoms with E-state index in [0.717, 1.165) is 37.1 Å². The molecule has 2 aromatic carbocycles. The van der Waals surface area contributed by atoms with Crippen molar-refractivity contribution in [2.24, 2.45) is 0 Å². The molecule has 4 heterocycles. The summed E-state index contributed by atoms with van der Waals surface area (Å²) in [6.45, 7) is 1.48. The third-order valence-corrected chi connectivity index (χ3v) is 6.69. The molecule has 1 fully saturated rings. The maximum absolute atomic E-state index is 13.4.